The van der Waals surface area contributed by atoms with Gasteiger partial charge in [0.2, 0.25) is 0 Å². The first-order chi connectivity index (χ1) is 11.2. The number of hydrogen-bond donors (Lipinski definition) is 1. The molecule has 2 rings (SSSR count). The smallest absolute Gasteiger partial charge is 0.193 e. The first-order valence-electron chi connectivity index (χ1n) is 9.45. The minimum absolute atomic E-state index is 0.326. The van der Waals surface area contributed by atoms with Gasteiger partial charge in [-0.3, -0.25) is 4.99 Å². The summed E-state index contributed by atoms with van der Waals surface area (Å²) in [5.74, 6) is 1.66. The van der Waals surface area contributed by atoms with Crippen LogP contribution in [0.3, 0.4) is 0 Å². The first-order valence-corrected chi connectivity index (χ1v) is 9.45. The van der Waals surface area contributed by atoms with Crippen molar-refractivity contribution in [3.8, 4) is 0 Å². The fourth-order valence-electron chi connectivity index (χ4n) is 3.11. The van der Waals surface area contributed by atoms with Gasteiger partial charge in [0.15, 0.2) is 5.96 Å². The fourth-order valence-corrected chi connectivity index (χ4v) is 3.11. The molecule has 2 heterocycles. The van der Waals surface area contributed by atoms with Crippen LogP contribution in [0.15, 0.2) is 4.99 Å². The summed E-state index contributed by atoms with van der Waals surface area (Å²) < 4.78 is 11.8. The highest BCUT2D eigenvalue weighted by atomic mass is 16.5. The number of aliphatic imine (C=N–C) groups is 1. The zero-order valence-corrected chi connectivity index (χ0v) is 15.2. The van der Waals surface area contributed by atoms with Crippen LogP contribution in [0.1, 0.15) is 52.9 Å². The Bertz CT molecular complexity index is 346. The van der Waals surface area contributed by atoms with E-state index in [9.17, 15) is 0 Å². The van der Waals surface area contributed by atoms with Crippen molar-refractivity contribution < 1.29 is 9.47 Å². The third-order valence-corrected chi connectivity index (χ3v) is 4.47. The molecule has 2 aliphatic heterocycles. The van der Waals surface area contributed by atoms with Gasteiger partial charge in [-0.05, 0) is 44.9 Å². The Morgan fingerprint density at radius 1 is 1.26 bits per heavy atom. The Balaban J connectivity index is 1.71. The number of rotatable bonds is 6. The highest BCUT2D eigenvalue weighted by Crippen LogP contribution is 2.18. The lowest BCUT2D eigenvalue weighted by atomic mass is 10.1. The Hall–Kier alpha value is -0.810. The standard InChI is InChI=1S/C18H35N3O2/c1-4-19-18(20-13-15(2)3)21-10-8-16(9-11-21)23-14-17-7-5-6-12-22-17/h15-17H,4-14H2,1-3H3,(H,19,20). The van der Waals surface area contributed by atoms with Crippen LogP contribution in [-0.2, 0) is 9.47 Å². The molecule has 134 valence electrons. The van der Waals surface area contributed by atoms with Crippen molar-refractivity contribution in [2.45, 2.75) is 65.1 Å². The predicted octanol–water partition coefficient (Wildman–Crippen LogP) is 2.66. The van der Waals surface area contributed by atoms with Gasteiger partial charge in [0.25, 0.3) is 0 Å². The molecule has 2 aliphatic rings. The lowest BCUT2D eigenvalue weighted by molar-refractivity contribution is -0.0721. The van der Waals surface area contributed by atoms with Gasteiger partial charge in [0.1, 0.15) is 0 Å². The van der Waals surface area contributed by atoms with Crippen LogP contribution in [0.5, 0.6) is 0 Å². The van der Waals surface area contributed by atoms with Crippen molar-refractivity contribution in [1.29, 1.82) is 0 Å². The predicted molar refractivity (Wildman–Crippen MR) is 95.0 cm³/mol. The first kappa shape index (κ1) is 18.5. The van der Waals surface area contributed by atoms with Crippen LogP contribution in [0.4, 0.5) is 0 Å². The molecule has 1 unspecified atom stereocenters. The molecule has 0 aromatic rings. The van der Waals surface area contributed by atoms with Crippen molar-refractivity contribution in [2.24, 2.45) is 10.9 Å². The summed E-state index contributed by atoms with van der Waals surface area (Å²) in [6.45, 7) is 12.1. The summed E-state index contributed by atoms with van der Waals surface area (Å²) in [6.07, 6.45) is 6.52. The third-order valence-electron chi connectivity index (χ3n) is 4.47. The monoisotopic (exact) mass is 325 g/mol. The molecule has 0 aromatic heterocycles. The average Bonchev–Trinajstić information content (AvgIpc) is 2.58. The molecule has 0 aromatic carbocycles. The van der Waals surface area contributed by atoms with Crippen LogP contribution in [-0.4, -0.2) is 62.5 Å². The number of likely N-dealkylation sites (tertiary alicyclic amines) is 1. The largest absolute Gasteiger partial charge is 0.376 e. The fraction of sp³-hybridized carbons (Fsp3) is 0.944. The van der Waals surface area contributed by atoms with E-state index in [0.29, 0.717) is 18.1 Å². The average molecular weight is 325 g/mol. The van der Waals surface area contributed by atoms with E-state index in [4.69, 9.17) is 14.5 Å². The SMILES string of the molecule is CCNC(=NCC(C)C)N1CCC(OCC2CCCCO2)CC1. The molecule has 0 amide bonds. The summed E-state index contributed by atoms with van der Waals surface area (Å²) in [7, 11) is 0. The second-order valence-electron chi connectivity index (χ2n) is 7.10. The second kappa shape index (κ2) is 10.1. The van der Waals surface area contributed by atoms with E-state index in [1.54, 1.807) is 0 Å². The molecule has 5 nitrogen and oxygen atoms in total. The summed E-state index contributed by atoms with van der Waals surface area (Å²) in [6, 6.07) is 0. The van der Waals surface area contributed by atoms with Gasteiger partial charge in [0, 0.05) is 32.8 Å². The van der Waals surface area contributed by atoms with Crippen LogP contribution < -0.4 is 5.32 Å². The Morgan fingerprint density at radius 2 is 2.04 bits per heavy atom. The second-order valence-corrected chi connectivity index (χ2v) is 7.10. The maximum Gasteiger partial charge on any atom is 0.193 e. The van der Waals surface area contributed by atoms with Gasteiger partial charge in [0.05, 0.1) is 18.8 Å². The van der Waals surface area contributed by atoms with E-state index in [2.05, 4.69) is 31.0 Å². The number of guanidine groups is 1. The maximum absolute atomic E-state index is 6.10. The van der Waals surface area contributed by atoms with E-state index < -0.39 is 0 Å². The highest BCUT2D eigenvalue weighted by molar-refractivity contribution is 5.80. The van der Waals surface area contributed by atoms with E-state index in [1.807, 2.05) is 0 Å². The molecular formula is C18H35N3O2. The molecule has 0 aliphatic carbocycles. The molecule has 0 saturated carbocycles. The van der Waals surface area contributed by atoms with Crippen LogP contribution >= 0.6 is 0 Å². The van der Waals surface area contributed by atoms with Crippen LogP contribution in [0.2, 0.25) is 0 Å². The van der Waals surface area contributed by atoms with Gasteiger partial charge in [-0.25, -0.2) is 0 Å². The molecule has 2 saturated heterocycles. The molecule has 5 heteroatoms. The van der Waals surface area contributed by atoms with Crippen molar-refractivity contribution in [3.05, 3.63) is 0 Å². The normalized spacial score (nSPS) is 24.3. The quantitative estimate of drug-likeness (QED) is 0.602. The van der Waals surface area contributed by atoms with Crippen molar-refractivity contribution in [1.82, 2.24) is 10.2 Å². The molecule has 0 spiro atoms. The Morgan fingerprint density at radius 3 is 2.65 bits per heavy atom. The number of hydrogen-bond acceptors (Lipinski definition) is 3. The topological polar surface area (TPSA) is 46.1 Å². The molecule has 0 bridgehead atoms. The maximum atomic E-state index is 6.10. The Kier molecular flexibility index (Phi) is 8.17. The summed E-state index contributed by atoms with van der Waals surface area (Å²) in [5.41, 5.74) is 0. The van der Waals surface area contributed by atoms with Crippen molar-refractivity contribution in [2.75, 3.05) is 39.4 Å². The molecule has 23 heavy (non-hydrogen) atoms. The van der Waals surface area contributed by atoms with Gasteiger partial charge in [-0.2, -0.15) is 0 Å². The lowest BCUT2D eigenvalue weighted by Gasteiger charge is -2.35. The minimum atomic E-state index is 0.326. The van der Waals surface area contributed by atoms with Gasteiger partial charge in [-0.15, -0.1) is 0 Å². The van der Waals surface area contributed by atoms with Crippen LogP contribution in [0.25, 0.3) is 0 Å². The summed E-state index contributed by atoms with van der Waals surface area (Å²) in [5, 5.41) is 3.42. The molecule has 2 fully saturated rings. The van der Waals surface area contributed by atoms with Gasteiger partial charge in [-0.1, -0.05) is 13.8 Å². The lowest BCUT2D eigenvalue weighted by Crippen LogP contribution is -2.47. The van der Waals surface area contributed by atoms with E-state index in [1.165, 1.54) is 12.8 Å². The number of nitrogens with zero attached hydrogens (tertiary/aromatic N) is 2. The van der Waals surface area contributed by atoms with E-state index >= 15 is 0 Å². The number of ether oxygens (including phenoxy) is 2. The molecule has 0 radical (unpaired) electrons. The summed E-state index contributed by atoms with van der Waals surface area (Å²) >= 11 is 0. The minimum Gasteiger partial charge on any atom is -0.376 e. The van der Waals surface area contributed by atoms with Crippen molar-refractivity contribution in [3.63, 3.8) is 0 Å². The molecule has 1 atom stereocenters. The molecule has 1 N–H and O–H groups in total. The molecular weight excluding hydrogens is 290 g/mol. The van der Waals surface area contributed by atoms with Gasteiger partial charge < -0.3 is 19.7 Å². The summed E-state index contributed by atoms with van der Waals surface area (Å²) in [4.78, 5) is 7.13. The highest BCUT2D eigenvalue weighted by Gasteiger charge is 2.23. The third kappa shape index (κ3) is 6.68. The van der Waals surface area contributed by atoms with E-state index in [0.717, 1.165) is 64.6 Å². The Labute approximate surface area is 141 Å². The van der Waals surface area contributed by atoms with Gasteiger partial charge >= 0.3 is 0 Å². The zero-order chi connectivity index (χ0) is 16.5. The van der Waals surface area contributed by atoms with Crippen molar-refractivity contribution >= 4 is 5.96 Å². The zero-order valence-electron chi connectivity index (χ0n) is 15.2. The van der Waals surface area contributed by atoms with Crippen LogP contribution in [0, 0.1) is 5.92 Å². The van der Waals surface area contributed by atoms with E-state index in [-0.39, 0.29) is 0 Å². The number of nitrogens with one attached hydrogen (secondary N) is 1. The number of piperidine rings is 1.